The largest absolute Gasteiger partial charge is 0.453 e. The third kappa shape index (κ3) is 6.84. The Bertz CT molecular complexity index is 2520. The average molecular weight is 779 g/mol. The first-order valence-corrected chi connectivity index (χ1v) is 19.3. The van der Waals surface area contributed by atoms with Gasteiger partial charge in [-0.25, -0.2) is 29.5 Å². The number of hydrogen-bond donors (Lipinski definition) is 4. The number of amides is 4. The topological polar surface area (TPSA) is 214 Å². The van der Waals surface area contributed by atoms with Crippen molar-refractivity contribution in [3.63, 3.8) is 0 Å². The first-order chi connectivity index (χ1) is 27.4. The minimum Gasteiger partial charge on any atom is -0.453 e. The fourth-order valence-electron chi connectivity index (χ4n) is 8.09. The minimum absolute atomic E-state index is 0.141. The molecule has 4 atom stereocenters. The molecule has 0 bridgehead atoms. The molecule has 2 aliphatic heterocycles. The molecule has 2 saturated heterocycles. The summed E-state index contributed by atoms with van der Waals surface area (Å²) < 4.78 is 15.9. The molecule has 6 heterocycles. The number of alkyl carbamates (subject to hydrolysis) is 2. The van der Waals surface area contributed by atoms with Crippen LogP contribution in [0.2, 0.25) is 0 Å². The standard InChI is InChI=1S/C40H46N10O7/c1-19(2)29(47-39(53)55-5)37(51)49-17-7-9-27(49)34-42-23-14-13-22-21(31(23)45-34)11-12-26(41-22)36-44-25-16-15-24-32(33(25)57-36)46-35(43-24)28-10-8-18-50(28)38(52)30(20(3)4)48-40(54)56-6/h11-16,19-20,27-30,41H,7-10,17-18H2,1-6H3,(H,43,46)(H,47,53)(H,48,54)/t27-,28-,29-,30-/m0/s1. The van der Waals surface area contributed by atoms with Gasteiger partial charge in [-0.3, -0.25) is 9.59 Å². The summed E-state index contributed by atoms with van der Waals surface area (Å²) in [5.74, 6) is 0.937. The van der Waals surface area contributed by atoms with E-state index in [4.69, 9.17) is 33.8 Å². The number of nitrogens with one attached hydrogen (secondary N) is 4. The number of ether oxygens (including phenoxy) is 2. The van der Waals surface area contributed by atoms with Crippen LogP contribution < -0.4 is 10.6 Å². The van der Waals surface area contributed by atoms with Gasteiger partial charge < -0.3 is 44.3 Å². The van der Waals surface area contributed by atoms with Gasteiger partial charge in [0.2, 0.25) is 17.7 Å². The van der Waals surface area contributed by atoms with Crippen LogP contribution in [-0.4, -0.2) is 103 Å². The van der Waals surface area contributed by atoms with Gasteiger partial charge in [0.25, 0.3) is 0 Å². The second-order valence-electron chi connectivity index (χ2n) is 15.4. The number of nitrogens with zero attached hydrogens (tertiary/aromatic N) is 6. The van der Waals surface area contributed by atoms with Crippen molar-refractivity contribution in [2.45, 2.75) is 77.5 Å². The Labute approximate surface area is 327 Å². The van der Waals surface area contributed by atoms with E-state index in [9.17, 15) is 19.2 Å². The molecule has 0 spiro atoms. The summed E-state index contributed by atoms with van der Waals surface area (Å²) in [6, 6.07) is 9.37. The number of methoxy groups -OCH3 is 2. The number of aromatic nitrogens is 6. The maximum absolute atomic E-state index is 13.7. The highest BCUT2D eigenvalue weighted by molar-refractivity contribution is 6.04. The van der Waals surface area contributed by atoms with Gasteiger partial charge in [-0.15, -0.1) is 0 Å². The normalized spacial score (nSPS) is 18.3. The molecule has 0 radical (unpaired) electrons. The average Bonchev–Trinajstić information content (AvgIpc) is 4.05. The quantitative estimate of drug-likeness (QED) is 0.136. The van der Waals surface area contributed by atoms with Crippen molar-refractivity contribution in [3.05, 3.63) is 48.0 Å². The number of pyridine rings is 1. The maximum atomic E-state index is 13.7. The molecule has 0 aliphatic carbocycles. The Morgan fingerprint density at radius 1 is 0.719 bits per heavy atom. The lowest BCUT2D eigenvalue weighted by Gasteiger charge is -2.29. The van der Waals surface area contributed by atoms with Crippen LogP contribution in [0.1, 0.15) is 77.1 Å². The van der Waals surface area contributed by atoms with Crippen LogP contribution in [0.5, 0.6) is 0 Å². The molecular weight excluding hydrogens is 733 g/mol. The van der Waals surface area contributed by atoms with Crippen LogP contribution in [0.15, 0.2) is 40.8 Å². The van der Waals surface area contributed by atoms with E-state index in [1.54, 1.807) is 9.80 Å². The van der Waals surface area contributed by atoms with E-state index < -0.39 is 24.3 Å². The molecule has 17 heteroatoms. The molecule has 4 aromatic heterocycles. The molecule has 6 aromatic rings. The van der Waals surface area contributed by atoms with E-state index in [2.05, 4.69) is 20.6 Å². The van der Waals surface area contributed by atoms with Gasteiger partial charge in [-0.1, -0.05) is 27.7 Å². The SMILES string of the molecule is COC(=O)N[C@H](C(=O)N1CCC[C@H]1c1nc2ccc3[nH]c(-c4nc5ccc6[nH]c([C@@H]7CCCN7C(=O)[C@@H](NC(=O)OC)C(C)C)nc6c5o4)ccc3c2n1)C(C)C. The lowest BCUT2D eigenvalue weighted by molar-refractivity contribution is -0.136. The Hall–Kier alpha value is -6.26. The van der Waals surface area contributed by atoms with Crippen molar-refractivity contribution >= 4 is 68.1 Å². The molecule has 8 rings (SSSR count). The number of fused-ring (bicyclic) bond motifs is 6. The first kappa shape index (κ1) is 37.7. The van der Waals surface area contributed by atoms with E-state index in [-0.39, 0.29) is 35.7 Å². The van der Waals surface area contributed by atoms with Crippen molar-refractivity contribution < 1.29 is 33.1 Å². The zero-order valence-electron chi connectivity index (χ0n) is 32.7. The van der Waals surface area contributed by atoms with Crippen molar-refractivity contribution in [3.8, 4) is 11.6 Å². The van der Waals surface area contributed by atoms with E-state index >= 15 is 0 Å². The number of H-pyrrole nitrogens is 2. The molecule has 17 nitrogen and oxygen atoms in total. The summed E-state index contributed by atoms with van der Waals surface area (Å²) in [5, 5.41) is 6.23. The first-order valence-electron chi connectivity index (χ1n) is 19.3. The Kier molecular flexibility index (Phi) is 9.91. The number of benzene rings is 2. The molecule has 298 valence electrons. The number of rotatable bonds is 9. The number of aromatic amines is 2. The molecule has 57 heavy (non-hydrogen) atoms. The lowest BCUT2D eigenvalue weighted by atomic mass is 10.0. The van der Waals surface area contributed by atoms with Crippen molar-refractivity contribution in [2.24, 2.45) is 11.8 Å². The zero-order chi connectivity index (χ0) is 40.1. The molecule has 2 aliphatic rings. The van der Waals surface area contributed by atoms with E-state index in [0.717, 1.165) is 35.7 Å². The summed E-state index contributed by atoms with van der Waals surface area (Å²) in [5.41, 5.74) is 5.38. The highest BCUT2D eigenvalue weighted by Crippen LogP contribution is 2.37. The number of hydrogen-bond acceptors (Lipinski definition) is 11. The van der Waals surface area contributed by atoms with Gasteiger partial charge in [0.05, 0.1) is 37.3 Å². The number of likely N-dealkylation sites (tertiary alicyclic amines) is 2. The number of carbonyl (C=O) groups is 4. The van der Waals surface area contributed by atoms with Gasteiger partial charge in [0.1, 0.15) is 40.2 Å². The van der Waals surface area contributed by atoms with Gasteiger partial charge in [0.15, 0.2) is 11.4 Å². The zero-order valence-corrected chi connectivity index (χ0v) is 32.7. The molecule has 4 amide bonds. The summed E-state index contributed by atoms with van der Waals surface area (Å²) in [7, 11) is 2.56. The van der Waals surface area contributed by atoms with Crippen LogP contribution in [0, 0.1) is 11.8 Å². The number of carbonyl (C=O) groups excluding carboxylic acids is 4. The van der Waals surface area contributed by atoms with Crippen molar-refractivity contribution in [1.82, 2.24) is 50.3 Å². The van der Waals surface area contributed by atoms with E-state index in [0.29, 0.717) is 70.4 Å². The summed E-state index contributed by atoms with van der Waals surface area (Å²) in [6.45, 7) is 8.63. The van der Waals surface area contributed by atoms with Gasteiger partial charge in [-0.2, -0.15) is 0 Å². The monoisotopic (exact) mass is 778 g/mol. The summed E-state index contributed by atoms with van der Waals surface area (Å²) in [6.07, 6.45) is 1.74. The van der Waals surface area contributed by atoms with E-state index in [1.807, 2.05) is 64.1 Å². The summed E-state index contributed by atoms with van der Waals surface area (Å²) in [4.78, 5) is 81.4. The smallest absolute Gasteiger partial charge is 0.407 e. The van der Waals surface area contributed by atoms with Gasteiger partial charge >= 0.3 is 12.2 Å². The number of oxazole rings is 1. The molecule has 2 aromatic carbocycles. The predicted molar refractivity (Wildman–Crippen MR) is 210 cm³/mol. The second kappa shape index (κ2) is 15.0. The third-order valence-electron chi connectivity index (χ3n) is 11.1. The Morgan fingerprint density at radius 2 is 1.33 bits per heavy atom. The number of imidazole rings is 2. The Balaban J connectivity index is 1.06. The molecular formula is C40H46N10O7. The third-order valence-corrected chi connectivity index (χ3v) is 11.1. The van der Waals surface area contributed by atoms with E-state index in [1.165, 1.54) is 14.2 Å². The highest BCUT2D eigenvalue weighted by atomic mass is 16.5. The fraction of sp³-hybridized carbons (Fsp3) is 0.450. The minimum atomic E-state index is -0.734. The van der Waals surface area contributed by atoms with Crippen LogP contribution >= 0.6 is 0 Å². The van der Waals surface area contributed by atoms with Gasteiger partial charge in [0, 0.05) is 24.0 Å². The fourth-order valence-corrected chi connectivity index (χ4v) is 8.09. The van der Waals surface area contributed by atoms with Crippen LogP contribution in [-0.2, 0) is 19.1 Å². The molecule has 0 unspecified atom stereocenters. The van der Waals surface area contributed by atoms with Crippen LogP contribution in [0.4, 0.5) is 9.59 Å². The Morgan fingerprint density at radius 3 is 1.98 bits per heavy atom. The van der Waals surface area contributed by atoms with Gasteiger partial charge in [-0.05, 0) is 73.9 Å². The predicted octanol–water partition coefficient (Wildman–Crippen LogP) is 5.88. The van der Waals surface area contributed by atoms with Crippen LogP contribution in [0.25, 0.3) is 55.7 Å². The van der Waals surface area contributed by atoms with Crippen LogP contribution in [0.3, 0.4) is 0 Å². The second-order valence-corrected chi connectivity index (χ2v) is 15.4. The highest BCUT2D eigenvalue weighted by Gasteiger charge is 2.39. The summed E-state index contributed by atoms with van der Waals surface area (Å²) >= 11 is 0. The maximum Gasteiger partial charge on any atom is 0.407 e. The molecule has 4 N–H and O–H groups in total. The molecule has 0 saturated carbocycles. The van der Waals surface area contributed by atoms with Crippen molar-refractivity contribution in [2.75, 3.05) is 27.3 Å². The molecule has 2 fully saturated rings. The van der Waals surface area contributed by atoms with Crippen molar-refractivity contribution in [1.29, 1.82) is 0 Å². The lowest BCUT2D eigenvalue weighted by Crippen LogP contribution is -2.51.